The molecule has 0 saturated carbocycles. The molecule has 0 unspecified atom stereocenters. The smallest absolute Gasteiger partial charge is 0.182 e. The first-order valence-corrected chi connectivity index (χ1v) is 8.59. The lowest BCUT2D eigenvalue weighted by atomic mass is 10.0. The van der Waals surface area contributed by atoms with Crippen LogP contribution in [-0.2, 0) is 12.8 Å². The van der Waals surface area contributed by atoms with E-state index in [0.717, 1.165) is 48.2 Å². The number of ketones is 1. The Labute approximate surface area is 141 Å². The van der Waals surface area contributed by atoms with Gasteiger partial charge in [-0.25, -0.2) is 4.98 Å². The van der Waals surface area contributed by atoms with Crippen molar-refractivity contribution in [2.45, 2.75) is 26.2 Å². The van der Waals surface area contributed by atoms with Crippen LogP contribution >= 0.6 is 0 Å². The molecule has 24 heavy (non-hydrogen) atoms. The molecule has 0 radical (unpaired) electrons. The van der Waals surface area contributed by atoms with Crippen LogP contribution in [-0.4, -0.2) is 28.8 Å². The number of fused-ring (bicyclic) bond motifs is 2. The van der Waals surface area contributed by atoms with Gasteiger partial charge >= 0.3 is 0 Å². The summed E-state index contributed by atoms with van der Waals surface area (Å²) in [4.78, 5) is 22.8. The van der Waals surface area contributed by atoms with E-state index in [9.17, 15) is 4.79 Å². The van der Waals surface area contributed by atoms with Gasteiger partial charge in [0.1, 0.15) is 5.82 Å². The van der Waals surface area contributed by atoms with Crippen molar-refractivity contribution in [3.8, 4) is 0 Å². The average Bonchev–Trinajstić information content (AvgIpc) is 3.04. The van der Waals surface area contributed by atoms with Crippen LogP contribution in [0.3, 0.4) is 0 Å². The summed E-state index contributed by atoms with van der Waals surface area (Å²) in [5.41, 5.74) is 5.15. The molecule has 4 nitrogen and oxygen atoms in total. The summed E-state index contributed by atoms with van der Waals surface area (Å²) in [6, 6.07) is 14.2. The monoisotopic (exact) mass is 319 g/mol. The summed E-state index contributed by atoms with van der Waals surface area (Å²) in [5, 5.41) is 0. The van der Waals surface area contributed by atoms with Gasteiger partial charge in [0.2, 0.25) is 0 Å². The number of carbonyl (C=O) groups is 1. The molecule has 0 amide bonds. The number of Topliss-reactive ketones (excluding diaryl/α,β-unsaturated/α-hetero) is 1. The maximum absolute atomic E-state index is 12.8. The summed E-state index contributed by atoms with van der Waals surface area (Å²) >= 11 is 0. The zero-order valence-corrected chi connectivity index (χ0v) is 13.9. The Kier molecular flexibility index (Phi) is 3.81. The van der Waals surface area contributed by atoms with E-state index in [4.69, 9.17) is 0 Å². The summed E-state index contributed by atoms with van der Waals surface area (Å²) in [5.74, 6) is 1.11. The summed E-state index contributed by atoms with van der Waals surface area (Å²) in [6.07, 6.45) is 3.06. The van der Waals surface area contributed by atoms with Gasteiger partial charge in [-0.1, -0.05) is 25.1 Å². The molecule has 3 aromatic rings. The van der Waals surface area contributed by atoms with Crippen LogP contribution in [0.2, 0.25) is 0 Å². The molecule has 4 rings (SSSR count). The molecule has 0 saturated heterocycles. The van der Waals surface area contributed by atoms with Gasteiger partial charge in [0.05, 0.1) is 17.6 Å². The maximum Gasteiger partial charge on any atom is 0.182 e. The molecule has 1 aromatic heterocycles. The van der Waals surface area contributed by atoms with E-state index < -0.39 is 0 Å². The van der Waals surface area contributed by atoms with E-state index in [-0.39, 0.29) is 5.78 Å². The Bertz CT molecular complexity index is 897. The molecule has 0 bridgehead atoms. The van der Waals surface area contributed by atoms with Gasteiger partial charge in [-0.15, -0.1) is 0 Å². The molecule has 2 heterocycles. The minimum absolute atomic E-state index is 0.154. The highest BCUT2D eigenvalue weighted by Crippen LogP contribution is 2.27. The van der Waals surface area contributed by atoms with Crippen LogP contribution in [0.25, 0.3) is 11.0 Å². The number of imidazole rings is 1. The van der Waals surface area contributed by atoms with Crippen molar-refractivity contribution in [2.75, 3.05) is 18.0 Å². The van der Waals surface area contributed by atoms with Crippen LogP contribution in [0.15, 0.2) is 42.5 Å². The number of hydrogen-bond donors (Lipinski definition) is 1. The zero-order chi connectivity index (χ0) is 16.5. The summed E-state index contributed by atoms with van der Waals surface area (Å²) < 4.78 is 0. The third-order valence-electron chi connectivity index (χ3n) is 4.73. The standard InChI is InChI=1S/C20H21N3O/c1-2-20-21-16-10-9-15(12-17(16)22-20)19(24)13-23-11-5-7-14-6-3-4-8-18(14)23/h3-4,6,8-10,12H,2,5,7,11,13H2,1H3,(H,21,22). The second-order valence-electron chi connectivity index (χ2n) is 6.35. The van der Waals surface area contributed by atoms with Gasteiger partial charge in [0.25, 0.3) is 0 Å². The van der Waals surface area contributed by atoms with Crippen molar-refractivity contribution in [2.24, 2.45) is 0 Å². The zero-order valence-electron chi connectivity index (χ0n) is 13.9. The highest BCUT2D eigenvalue weighted by molar-refractivity contribution is 6.01. The average molecular weight is 319 g/mol. The van der Waals surface area contributed by atoms with Gasteiger partial charge in [-0.2, -0.15) is 0 Å². The topological polar surface area (TPSA) is 49.0 Å². The number of H-pyrrole nitrogens is 1. The first-order valence-electron chi connectivity index (χ1n) is 8.59. The van der Waals surface area contributed by atoms with Crippen molar-refractivity contribution in [1.82, 2.24) is 9.97 Å². The minimum atomic E-state index is 0.154. The van der Waals surface area contributed by atoms with Crippen molar-refractivity contribution in [3.05, 3.63) is 59.4 Å². The van der Waals surface area contributed by atoms with E-state index >= 15 is 0 Å². The number of anilines is 1. The lowest BCUT2D eigenvalue weighted by Crippen LogP contribution is -2.34. The Hall–Kier alpha value is -2.62. The van der Waals surface area contributed by atoms with Gasteiger partial charge in [-0.05, 0) is 42.7 Å². The van der Waals surface area contributed by atoms with E-state index in [1.54, 1.807) is 0 Å². The first-order chi connectivity index (χ1) is 11.7. The number of nitrogens with zero attached hydrogens (tertiary/aromatic N) is 2. The molecular weight excluding hydrogens is 298 g/mol. The quantitative estimate of drug-likeness (QED) is 0.745. The van der Waals surface area contributed by atoms with Crippen molar-refractivity contribution in [3.63, 3.8) is 0 Å². The summed E-state index contributed by atoms with van der Waals surface area (Å²) in [6.45, 7) is 3.43. The van der Waals surface area contributed by atoms with E-state index in [1.165, 1.54) is 11.3 Å². The largest absolute Gasteiger partial charge is 0.364 e. The van der Waals surface area contributed by atoms with Gasteiger partial charge < -0.3 is 9.88 Å². The third kappa shape index (κ3) is 2.68. The first kappa shape index (κ1) is 14.9. The van der Waals surface area contributed by atoms with Crippen LogP contribution in [0.5, 0.6) is 0 Å². The Balaban J connectivity index is 1.58. The number of aromatic amines is 1. The van der Waals surface area contributed by atoms with Crippen LogP contribution in [0.1, 0.15) is 35.1 Å². The Morgan fingerprint density at radius 1 is 1.25 bits per heavy atom. The number of benzene rings is 2. The lowest BCUT2D eigenvalue weighted by Gasteiger charge is -2.30. The molecule has 1 aliphatic rings. The third-order valence-corrected chi connectivity index (χ3v) is 4.73. The van der Waals surface area contributed by atoms with Crippen LogP contribution < -0.4 is 4.90 Å². The fraction of sp³-hybridized carbons (Fsp3) is 0.300. The summed E-state index contributed by atoms with van der Waals surface area (Å²) in [7, 11) is 0. The molecule has 0 aliphatic carbocycles. The molecule has 0 atom stereocenters. The number of nitrogens with one attached hydrogen (secondary N) is 1. The number of aromatic nitrogens is 2. The molecular formula is C20H21N3O. The Morgan fingerprint density at radius 3 is 3.00 bits per heavy atom. The van der Waals surface area contributed by atoms with E-state index in [1.807, 2.05) is 24.3 Å². The van der Waals surface area contributed by atoms with E-state index in [0.29, 0.717) is 6.54 Å². The minimum Gasteiger partial charge on any atom is -0.364 e. The number of rotatable bonds is 4. The van der Waals surface area contributed by atoms with Crippen LogP contribution in [0, 0.1) is 0 Å². The number of para-hydroxylation sites is 1. The van der Waals surface area contributed by atoms with Crippen molar-refractivity contribution >= 4 is 22.5 Å². The van der Waals surface area contributed by atoms with Crippen LogP contribution in [0.4, 0.5) is 5.69 Å². The predicted molar refractivity (Wildman–Crippen MR) is 96.8 cm³/mol. The number of carbonyl (C=O) groups excluding carboxylic acids is 1. The van der Waals surface area contributed by atoms with Gasteiger partial charge in [0, 0.05) is 24.2 Å². The van der Waals surface area contributed by atoms with Gasteiger partial charge in [0.15, 0.2) is 5.78 Å². The second kappa shape index (κ2) is 6.11. The Morgan fingerprint density at radius 2 is 2.12 bits per heavy atom. The van der Waals surface area contributed by atoms with Crippen molar-refractivity contribution in [1.29, 1.82) is 0 Å². The molecule has 4 heteroatoms. The normalized spacial score (nSPS) is 14.0. The second-order valence-corrected chi connectivity index (χ2v) is 6.35. The van der Waals surface area contributed by atoms with Crippen molar-refractivity contribution < 1.29 is 4.79 Å². The molecule has 2 aromatic carbocycles. The van der Waals surface area contributed by atoms with E-state index in [2.05, 4.69) is 40.0 Å². The maximum atomic E-state index is 12.8. The SMILES string of the molecule is CCc1nc2ccc(C(=O)CN3CCCc4ccccc43)cc2[nH]1. The molecule has 122 valence electrons. The molecule has 1 N–H and O–H groups in total. The van der Waals surface area contributed by atoms with Gasteiger partial charge in [-0.3, -0.25) is 4.79 Å². The molecule has 1 aliphatic heterocycles. The lowest BCUT2D eigenvalue weighted by molar-refractivity contribution is 0.0998. The highest BCUT2D eigenvalue weighted by Gasteiger charge is 2.19. The fourth-order valence-electron chi connectivity index (χ4n) is 3.44. The number of hydrogen-bond acceptors (Lipinski definition) is 3. The molecule has 0 spiro atoms. The fourth-order valence-corrected chi connectivity index (χ4v) is 3.44. The highest BCUT2D eigenvalue weighted by atomic mass is 16.1. The predicted octanol–water partition coefficient (Wildman–Crippen LogP) is 3.76. The number of aryl methyl sites for hydroxylation is 2. The molecule has 0 fully saturated rings.